The predicted octanol–water partition coefficient (Wildman–Crippen LogP) is 0.922. The second kappa shape index (κ2) is 4.27. The molecule has 3 nitrogen and oxygen atoms in total. The van der Waals surface area contributed by atoms with Crippen LogP contribution in [0.1, 0.15) is 16.7 Å². The van der Waals surface area contributed by atoms with Gasteiger partial charge in [0.15, 0.2) is 0 Å². The van der Waals surface area contributed by atoms with Crippen molar-refractivity contribution in [3.63, 3.8) is 0 Å². The van der Waals surface area contributed by atoms with Crippen LogP contribution in [0.25, 0.3) is 0 Å². The summed E-state index contributed by atoms with van der Waals surface area (Å²) in [6.45, 7) is -0.201. The molecule has 0 spiro atoms. The molecule has 3 N–H and O–H groups in total. The van der Waals surface area contributed by atoms with Crippen LogP contribution in [0.4, 0.5) is 4.39 Å². The summed E-state index contributed by atoms with van der Waals surface area (Å²) in [4.78, 5) is 9.99. The molecule has 0 radical (unpaired) electrons. The third kappa shape index (κ3) is 2.42. The fourth-order valence-electron chi connectivity index (χ4n) is 2.25. The van der Waals surface area contributed by atoms with Crippen molar-refractivity contribution < 1.29 is 14.3 Å². The van der Waals surface area contributed by atoms with Crippen molar-refractivity contribution in [2.75, 3.05) is 6.61 Å². The Balaban J connectivity index is 2.35. The minimum atomic E-state index is -0.811. The molecule has 0 bridgehead atoms. The van der Waals surface area contributed by atoms with Gasteiger partial charge in [-0.05, 0) is 35.6 Å². The smallest absolute Gasteiger partial charge is 0.221 e. The van der Waals surface area contributed by atoms with Gasteiger partial charge in [-0.25, -0.2) is 4.39 Å². The molecule has 17 heavy (non-hydrogen) atoms. The third-order valence-electron chi connectivity index (χ3n) is 3.01. The summed E-state index contributed by atoms with van der Waals surface area (Å²) in [7, 11) is 0. The van der Waals surface area contributed by atoms with Gasteiger partial charge in [0.1, 0.15) is 5.82 Å². The number of aliphatic hydroxyl groups excluding tert-OH is 1. The van der Waals surface area contributed by atoms with Crippen LogP contribution in [0.3, 0.4) is 0 Å². The Morgan fingerprint density at radius 2 is 2.24 bits per heavy atom. The predicted molar refractivity (Wildman–Crippen MR) is 62.4 cm³/mol. The van der Waals surface area contributed by atoms with Gasteiger partial charge >= 0.3 is 0 Å². The maximum Gasteiger partial charge on any atom is 0.221 e. The van der Waals surface area contributed by atoms with Crippen LogP contribution in [-0.4, -0.2) is 22.5 Å². The van der Waals surface area contributed by atoms with Gasteiger partial charge in [0.05, 0.1) is 17.9 Å². The number of carbonyl (C=O) groups excluding carboxylic acids is 1. The van der Waals surface area contributed by atoms with E-state index in [0.717, 1.165) is 5.56 Å². The highest BCUT2D eigenvalue weighted by atomic mass is 35.5. The lowest BCUT2D eigenvalue weighted by molar-refractivity contribution is -0.117. The Labute approximate surface area is 103 Å². The third-order valence-corrected chi connectivity index (χ3v) is 3.40. The van der Waals surface area contributed by atoms with Crippen LogP contribution < -0.4 is 5.73 Å². The second-order valence-corrected chi connectivity index (χ2v) is 5.32. The van der Waals surface area contributed by atoms with Crippen molar-refractivity contribution in [1.29, 1.82) is 0 Å². The fraction of sp³-hybridized carbons (Fsp3) is 0.417. The zero-order valence-corrected chi connectivity index (χ0v) is 9.93. The van der Waals surface area contributed by atoms with Crippen LogP contribution >= 0.6 is 11.6 Å². The van der Waals surface area contributed by atoms with Crippen molar-refractivity contribution in [3.05, 3.63) is 34.6 Å². The van der Waals surface area contributed by atoms with Crippen molar-refractivity contribution in [1.82, 2.24) is 0 Å². The Hall–Kier alpha value is -1.13. The van der Waals surface area contributed by atoms with Gasteiger partial charge in [-0.3, -0.25) is 4.79 Å². The molecule has 0 aliphatic heterocycles. The molecule has 1 unspecified atom stereocenters. The molecule has 1 aromatic rings. The van der Waals surface area contributed by atoms with Gasteiger partial charge in [0, 0.05) is 0 Å². The molecular weight excluding hydrogens is 245 g/mol. The van der Waals surface area contributed by atoms with Gasteiger partial charge in [0.25, 0.3) is 0 Å². The second-order valence-electron chi connectivity index (χ2n) is 4.52. The minimum absolute atomic E-state index is 0.0125. The zero-order chi connectivity index (χ0) is 12.6. The summed E-state index contributed by atoms with van der Waals surface area (Å²) in [6.07, 6.45) is 0.728. The van der Waals surface area contributed by atoms with Gasteiger partial charge in [-0.1, -0.05) is 6.07 Å². The number of amides is 1. The van der Waals surface area contributed by atoms with E-state index >= 15 is 0 Å². The SMILES string of the molecule is NC(=O)Cc1cc(F)c2c(c1)CC(Cl)(CO)C2. The van der Waals surface area contributed by atoms with Crippen molar-refractivity contribution in [2.24, 2.45) is 5.73 Å². The van der Waals surface area contributed by atoms with Crippen LogP contribution in [0.5, 0.6) is 0 Å². The van der Waals surface area contributed by atoms with Crippen LogP contribution in [0.2, 0.25) is 0 Å². The van der Waals surface area contributed by atoms with Crippen molar-refractivity contribution >= 4 is 17.5 Å². The van der Waals surface area contributed by atoms with E-state index in [9.17, 15) is 14.3 Å². The Morgan fingerprint density at radius 3 is 2.82 bits per heavy atom. The number of aliphatic hydroxyl groups is 1. The Bertz CT molecular complexity index is 478. The molecule has 1 aliphatic carbocycles. The molecule has 1 aromatic carbocycles. The molecule has 0 saturated heterocycles. The van der Waals surface area contributed by atoms with E-state index in [4.69, 9.17) is 17.3 Å². The molecule has 1 aliphatic rings. The molecule has 5 heteroatoms. The van der Waals surface area contributed by atoms with Gasteiger partial charge in [-0.2, -0.15) is 0 Å². The molecule has 92 valence electrons. The molecule has 0 aromatic heterocycles. The summed E-state index contributed by atoms with van der Waals surface area (Å²) >= 11 is 6.14. The minimum Gasteiger partial charge on any atom is -0.395 e. The van der Waals surface area contributed by atoms with E-state index in [0.29, 0.717) is 24.0 Å². The number of carbonyl (C=O) groups is 1. The number of hydrogen-bond acceptors (Lipinski definition) is 2. The molecule has 0 saturated carbocycles. The van der Waals surface area contributed by atoms with Gasteiger partial charge in [-0.15, -0.1) is 11.6 Å². The largest absolute Gasteiger partial charge is 0.395 e. The molecule has 0 fully saturated rings. The first-order valence-electron chi connectivity index (χ1n) is 5.32. The van der Waals surface area contributed by atoms with E-state index < -0.39 is 10.8 Å². The highest BCUT2D eigenvalue weighted by Crippen LogP contribution is 2.36. The zero-order valence-electron chi connectivity index (χ0n) is 9.17. The lowest BCUT2D eigenvalue weighted by Crippen LogP contribution is -2.26. The number of alkyl halides is 1. The highest BCUT2D eigenvalue weighted by molar-refractivity contribution is 6.24. The number of halogens is 2. The fourth-order valence-corrected chi connectivity index (χ4v) is 2.52. The van der Waals surface area contributed by atoms with E-state index in [1.807, 2.05) is 0 Å². The first-order chi connectivity index (χ1) is 7.93. The van der Waals surface area contributed by atoms with Gasteiger partial charge in [0.2, 0.25) is 5.91 Å². The summed E-state index contributed by atoms with van der Waals surface area (Å²) < 4.78 is 13.8. The first-order valence-corrected chi connectivity index (χ1v) is 5.69. The number of fused-ring (bicyclic) bond motifs is 1. The first kappa shape index (κ1) is 12.3. The quantitative estimate of drug-likeness (QED) is 0.791. The standard InChI is InChI=1S/C12H13ClFNO2/c13-12(6-16)4-8-1-7(3-11(15)17)2-10(14)9(8)5-12/h1-2,16H,3-6H2,(H2,15,17). The average molecular weight is 258 g/mol. The van der Waals surface area contributed by atoms with E-state index in [-0.39, 0.29) is 18.8 Å². The lowest BCUT2D eigenvalue weighted by atomic mass is 10.0. The topological polar surface area (TPSA) is 63.3 Å². The molecule has 1 atom stereocenters. The maximum atomic E-state index is 13.8. The van der Waals surface area contributed by atoms with Crippen LogP contribution in [-0.2, 0) is 24.1 Å². The molecular formula is C12H13ClFNO2. The summed E-state index contributed by atoms with van der Waals surface area (Å²) in [5.74, 6) is -0.878. The normalized spacial score (nSPS) is 22.5. The van der Waals surface area contributed by atoms with E-state index in [2.05, 4.69) is 0 Å². The summed E-state index contributed by atoms with van der Waals surface area (Å²) in [6, 6.07) is 3.05. The number of rotatable bonds is 3. The van der Waals surface area contributed by atoms with Crippen LogP contribution in [0, 0.1) is 5.82 Å². The van der Waals surface area contributed by atoms with Crippen molar-refractivity contribution in [2.45, 2.75) is 24.1 Å². The van der Waals surface area contributed by atoms with E-state index in [1.165, 1.54) is 6.07 Å². The lowest BCUT2D eigenvalue weighted by Gasteiger charge is -2.16. The molecule has 2 rings (SSSR count). The Kier molecular flexibility index (Phi) is 3.10. The number of nitrogens with two attached hydrogens (primary N) is 1. The Morgan fingerprint density at radius 1 is 1.53 bits per heavy atom. The van der Waals surface area contributed by atoms with Gasteiger partial charge < -0.3 is 10.8 Å². The number of benzene rings is 1. The number of primary amides is 1. The number of hydrogen-bond donors (Lipinski definition) is 2. The van der Waals surface area contributed by atoms with Crippen LogP contribution in [0.15, 0.2) is 12.1 Å². The van der Waals surface area contributed by atoms with Crippen molar-refractivity contribution in [3.8, 4) is 0 Å². The molecule has 0 heterocycles. The monoisotopic (exact) mass is 257 g/mol. The summed E-state index contributed by atoms with van der Waals surface area (Å²) in [5.41, 5.74) is 6.91. The highest BCUT2D eigenvalue weighted by Gasteiger charge is 2.36. The maximum absolute atomic E-state index is 13.8. The summed E-state index contributed by atoms with van der Waals surface area (Å²) in [5, 5.41) is 9.17. The average Bonchev–Trinajstić information content (AvgIpc) is 2.55. The molecule has 1 amide bonds. The van der Waals surface area contributed by atoms with E-state index in [1.54, 1.807) is 6.07 Å².